The van der Waals surface area contributed by atoms with Crippen molar-refractivity contribution in [3.05, 3.63) is 83.9 Å². The maximum atomic E-state index is 6.04. The van der Waals surface area contributed by atoms with E-state index in [-0.39, 0.29) is 0 Å². The predicted molar refractivity (Wildman–Crippen MR) is 153 cm³/mol. The zero-order chi connectivity index (χ0) is 25.3. The first-order chi connectivity index (χ1) is 18.3. The number of para-hydroxylation sites is 1. The minimum atomic E-state index is 0.509. The van der Waals surface area contributed by atoms with Crippen LogP contribution in [0, 0.1) is 0 Å². The van der Waals surface area contributed by atoms with Crippen molar-refractivity contribution in [2.24, 2.45) is 0 Å². The Labute approximate surface area is 222 Å². The van der Waals surface area contributed by atoms with Crippen LogP contribution in [0.4, 0.5) is 11.4 Å². The first-order valence-electron chi connectivity index (χ1n) is 13.9. The van der Waals surface area contributed by atoms with Crippen LogP contribution in [0.25, 0.3) is 0 Å². The molecule has 5 rings (SSSR count). The molecule has 2 saturated heterocycles. The van der Waals surface area contributed by atoms with Gasteiger partial charge in [0.1, 0.15) is 18.1 Å². The van der Waals surface area contributed by atoms with Crippen LogP contribution in [0.15, 0.2) is 72.8 Å². The summed E-state index contributed by atoms with van der Waals surface area (Å²) in [7, 11) is 1.73. The largest absolute Gasteiger partial charge is 0.497 e. The lowest BCUT2D eigenvalue weighted by Gasteiger charge is -2.21. The number of likely N-dealkylation sites (tertiary alicyclic amines) is 1. The summed E-state index contributed by atoms with van der Waals surface area (Å²) in [6, 6.07) is 25.7. The summed E-state index contributed by atoms with van der Waals surface area (Å²) < 4.78 is 11.5. The average molecular weight is 500 g/mol. The molecule has 3 aromatic rings. The number of benzene rings is 3. The van der Waals surface area contributed by atoms with Gasteiger partial charge in [0.25, 0.3) is 0 Å². The Bertz CT molecular complexity index is 1110. The molecule has 3 aromatic carbocycles. The van der Waals surface area contributed by atoms with Gasteiger partial charge in [0.15, 0.2) is 0 Å². The molecule has 1 unspecified atom stereocenters. The lowest BCUT2D eigenvalue weighted by molar-refractivity contribution is 0.214. The van der Waals surface area contributed by atoms with Crippen LogP contribution in [0.5, 0.6) is 11.5 Å². The molecule has 0 aliphatic carbocycles. The SMILES string of the molecule is COc1cccc(N2CCC(c3ccccc3NCc3ccc(OCCN4CCCCCC4)cc3)C2)c1. The minimum absolute atomic E-state index is 0.509. The lowest BCUT2D eigenvalue weighted by atomic mass is 9.96. The van der Waals surface area contributed by atoms with Crippen molar-refractivity contribution >= 4 is 11.4 Å². The minimum Gasteiger partial charge on any atom is -0.497 e. The summed E-state index contributed by atoms with van der Waals surface area (Å²) >= 11 is 0. The molecule has 0 aromatic heterocycles. The Morgan fingerprint density at radius 1 is 0.838 bits per heavy atom. The standard InChI is InChI=1S/C32H41N3O2/c1-36-30-10-8-9-28(23-30)35-20-17-27(25-35)31-11-4-5-12-32(31)33-24-26-13-15-29(16-14-26)37-22-21-34-18-6-2-3-7-19-34/h4-5,8-16,23,27,33H,2-3,6-7,17-22,24-25H2,1H3. The summed E-state index contributed by atoms with van der Waals surface area (Å²) in [5.41, 5.74) is 5.14. The predicted octanol–water partition coefficient (Wildman–Crippen LogP) is 6.56. The van der Waals surface area contributed by atoms with Crippen LogP contribution in [0.1, 0.15) is 49.1 Å². The second-order valence-corrected chi connectivity index (χ2v) is 10.3. The van der Waals surface area contributed by atoms with Crippen molar-refractivity contribution < 1.29 is 9.47 Å². The fourth-order valence-corrected chi connectivity index (χ4v) is 5.62. The maximum absolute atomic E-state index is 6.04. The van der Waals surface area contributed by atoms with Gasteiger partial charge in [0, 0.05) is 49.5 Å². The molecule has 0 amide bonds. The Balaban J connectivity index is 1.13. The first kappa shape index (κ1) is 25.5. The van der Waals surface area contributed by atoms with Crippen molar-refractivity contribution in [2.75, 3.05) is 56.7 Å². The molecule has 0 saturated carbocycles. The molecule has 37 heavy (non-hydrogen) atoms. The fourth-order valence-electron chi connectivity index (χ4n) is 5.62. The Morgan fingerprint density at radius 3 is 2.46 bits per heavy atom. The van der Waals surface area contributed by atoms with Gasteiger partial charge in [0.05, 0.1) is 7.11 Å². The molecule has 2 aliphatic heterocycles. The fraction of sp³-hybridized carbons (Fsp3) is 0.438. The first-order valence-corrected chi connectivity index (χ1v) is 13.9. The third-order valence-electron chi connectivity index (χ3n) is 7.79. The average Bonchev–Trinajstić information content (AvgIpc) is 3.30. The third-order valence-corrected chi connectivity index (χ3v) is 7.79. The van der Waals surface area contributed by atoms with Crippen molar-refractivity contribution in [3.63, 3.8) is 0 Å². The van der Waals surface area contributed by atoms with Gasteiger partial charge in [-0.05, 0) is 73.8 Å². The number of rotatable bonds is 10. The number of anilines is 2. The molecule has 1 atom stereocenters. The quantitative estimate of drug-likeness (QED) is 0.342. The molecule has 2 fully saturated rings. The van der Waals surface area contributed by atoms with Gasteiger partial charge < -0.3 is 19.7 Å². The molecular formula is C32H41N3O2. The zero-order valence-corrected chi connectivity index (χ0v) is 22.2. The molecule has 196 valence electrons. The maximum Gasteiger partial charge on any atom is 0.120 e. The Morgan fingerprint density at radius 2 is 1.65 bits per heavy atom. The van der Waals surface area contributed by atoms with Gasteiger partial charge in [-0.2, -0.15) is 0 Å². The zero-order valence-electron chi connectivity index (χ0n) is 22.2. The van der Waals surface area contributed by atoms with Gasteiger partial charge in [-0.3, -0.25) is 4.90 Å². The molecule has 2 aliphatic rings. The van der Waals surface area contributed by atoms with Gasteiger partial charge in [-0.15, -0.1) is 0 Å². The van der Waals surface area contributed by atoms with Crippen LogP contribution >= 0.6 is 0 Å². The van der Waals surface area contributed by atoms with E-state index < -0.39 is 0 Å². The highest BCUT2D eigenvalue weighted by atomic mass is 16.5. The summed E-state index contributed by atoms with van der Waals surface area (Å²) in [4.78, 5) is 5.01. The van der Waals surface area contributed by atoms with Gasteiger partial charge in [-0.1, -0.05) is 49.2 Å². The smallest absolute Gasteiger partial charge is 0.120 e. The van der Waals surface area contributed by atoms with Crippen LogP contribution in [-0.2, 0) is 6.54 Å². The van der Waals surface area contributed by atoms with Crippen molar-refractivity contribution in [1.29, 1.82) is 0 Å². The highest BCUT2D eigenvalue weighted by Crippen LogP contribution is 2.35. The number of ether oxygens (including phenoxy) is 2. The van der Waals surface area contributed by atoms with E-state index in [1.807, 2.05) is 6.07 Å². The van der Waals surface area contributed by atoms with E-state index in [0.29, 0.717) is 5.92 Å². The van der Waals surface area contributed by atoms with Crippen LogP contribution < -0.4 is 19.7 Å². The number of hydrogen-bond acceptors (Lipinski definition) is 5. The van der Waals surface area contributed by atoms with Crippen LogP contribution in [0.2, 0.25) is 0 Å². The summed E-state index contributed by atoms with van der Waals surface area (Å²) in [5, 5.41) is 3.70. The normalized spacial score (nSPS) is 18.4. The molecule has 0 spiro atoms. The monoisotopic (exact) mass is 499 g/mol. The molecule has 1 N–H and O–H groups in total. The van der Waals surface area contributed by atoms with Gasteiger partial charge in [0.2, 0.25) is 0 Å². The van der Waals surface area contributed by atoms with E-state index >= 15 is 0 Å². The Hall–Kier alpha value is -3.18. The van der Waals surface area contributed by atoms with Gasteiger partial charge in [-0.25, -0.2) is 0 Å². The molecule has 5 heteroatoms. The summed E-state index contributed by atoms with van der Waals surface area (Å²) in [5.74, 6) is 2.38. The van der Waals surface area contributed by atoms with Gasteiger partial charge >= 0.3 is 0 Å². The summed E-state index contributed by atoms with van der Waals surface area (Å²) in [6.45, 7) is 7.11. The van der Waals surface area contributed by atoms with Crippen LogP contribution in [0.3, 0.4) is 0 Å². The number of nitrogens with zero attached hydrogens (tertiary/aromatic N) is 2. The molecular weight excluding hydrogens is 458 g/mol. The second-order valence-electron chi connectivity index (χ2n) is 10.3. The molecule has 5 nitrogen and oxygen atoms in total. The molecule has 0 radical (unpaired) electrons. The number of hydrogen-bond donors (Lipinski definition) is 1. The van der Waals surface area contributed by atoms with E-state index in [4.69, 9.17) is 9.47 Å². The highest BCUT2D eigenvalue weighted by Gasteiger charge is 2.26. The van der Waals surface area contributed by atoms with E-state index in [1.165, 1.54) is 61.3 Å². The van der Waals surface area contributed by atoms with Crippen molar-refractivity contribution in [3.8, 4) is 11.5 Å². The molecule has 2 heterocycles. The van der Waals surface area contributed by atoms with E-state index in [9.17, 15) is 0 Å². The topological polar surface area (TPSA) is 37.0 Å². The van der Waals surface area contributed by atoms with Crippen molar-refractivity contribution in [1.82, 2.24) is 4.90 Å². The highest BCUT2D eigenvalue weighted by molar-refractivity contribution is 5.57. The van der Waals surface area contributed by atoms with E-state index in [2.05, 4.69) is 81.8 Å². The Kier molecular flexibility index (Phi) is 8.86. The number of nitrogens with one attached hydrogen (secondary N) is 1. The number of methoxy groups -OCH3 is 1. The summed E-state index contributed by atoms with van der Waals surface area (Å²) in [6.07, 6.45) is 6.55. The van der Waals surface area contributed by atoms with Crippen molar-refractivity contribution in [2.45, 2.75) is 44.6 Å². The van der Waals surface area contributed by atoms with E-state index in [1.54, 1.807) is 7.11 Å². The third kappa shape index (κ3) is 6.98. The molecule has 0 bridgehead atoms. The van der Waals surface area contributed by atoms with Crippen LogP contribution in [-0.4, -0.2) is 51.3 Å². The second kappa shape index (κ2) is 12.9. The van der Waals surface area contributed by atoms with E-state index in [0.717, 1.165) is 50.7 Å². The lowest BCUT2D eigenvalue weighted by Crippen LogP contribution is -2.29.